The zero-order valence-electron chi connectivity index (χ0n) is 17.9. The average molecular weight is 442 g/mol. The van der Waals surface area contributed by atoms with Gasteiger partial charge in [-0.15, -0.1) is 0 Å². The molecule has 0 aliphatic rings. The molecule has 3 N–H and O–H groups in total. The topological polar surface area (TPSA) is 109 Å². The number of aromatic hydroxyl groups is 1. The fraction of sp³-hybridized carbons (Fsp3) is 0.115. The third kappa shape index (κ3) is 4.21. The number of aryl methyl sites for hydroxylation is 1. The van der Waals surface area contributed by atoms with Crippen molar-refractivity contribution >= 4 is 28.5 Å². The van der Waals surface area contributed by atoms with Gasteiger partial charge in [-0.25, -0.2) is 4.79 Å². The van der Waals surface area contributed by atoms with E-state index in [2.05, 4.69) is 5.32 Å². The number of nitrogens with zero attached hydrogens (tertiary/aromatic N) is 1. The number of carboxylic acids is 1. The minimum atomic E-state index is -1.05. The number of benzene rings is 3. The first kappa shape index (κ1) is 21.8. The van der Waals surface area contributed by atoms with Crippen LogP contribution in [0, 0.1) is 0 Å². The normalized spacial score (nSPS) is 10.8. The molecular formula is C26H22N2O5. The Bertz CT molecular complexity index is 1420. The summed E-state index contributed by atoms with van der Waals surface area (Å²) in [7, 11) is 0. The minimum absolute atomic E-state index is 0.147. The molecule has 0 aliphatic carbocycles. The Balaban J connectivity index is 1.80. The van der Waals surface area contributed by atoms with Gasteiger partial charge in [0.15, 0.2) is 0 Å². The van der Waals surface area contributed by atoms with Crippen molar-refractivity contribution in [2.75, 3.05) is 5.32 Å². The molecule has 1 heterocycles. The third-order valence-electron chi connectivity index (χ3n) is 5.53. The smallest absolute Gasteiger partial charge is 0.335 e. The van der Waals surface area contributed by atoms with Gasteiger partial charge in [0.1, 0.15) is 11.3 Å². The molecule has 1 amide bonds. The molecule has 0 unspecified atom stereocenters. The Kier molecular flexibility index (Phi) is 5.95. The predicted octanol–water partition coefficient (Wildman–Crippen LogP) is 4.27. The highest BCUT2D eigenvalue weighted by Gasteiger charge is 2.23. The first-order valence-electron chi connectivity index (χ1n) is 10.5. The molecule has 0 saturated heterocycles. The standard InChI is InChI=1S/C26H22N2O5/c1-2-17-14-18(12-13-19(17)26(32)33)27-24(30)22-23(29)20-10-6-7-11-21(20)28(25(22)31)15-16-8-4-3-5-9-16/h3-14,29H,2,15H2,1H3,(H,27,30)(H,32,33). The molecule has 0 atom stereocenters. The molecule has 4 rings (SSSR count). The first-order valence-corrected chi connectivity index (χ1v) is 10.5. The Morgan fingerprint density at radius 1 is 0.970 bits per heavy atom. The highest BCUT2D eigenvalue weighted by molar-refractivity contribution is 6.09. The van der Waals surface area contributed by atoms with Crippen LogP contribution in [0.5, 0.6) is 5.75 Å². The molecule has 166 valence electrons. The van der Waals surface area contributed by atoms with E-state index in [0.29, 0.717) is 28.6 Å². The van der Waals surface area contributed by atoms with E-state index in [0.717, 1.165) is 5.56 Å². The highest BCUT2D eigenvalue weighted by Crippen LogP contribution is 2.27. The molecule has 7 heteroatoms. The number of fused-ring (bicyclic) bond motifs is 1. The third-order valence-corrected chi connectivity index (χ3v) is 5.53. The number of amides is 1. The van der Waals surface area contributed by atoms with E-state index in [-0.39, 0.29) is 17.7 Å². The molecule has 33 heavy (non-hydrogen) atoms. The van der Waals surface area contributed by atoms with E-state index in [9.17, 15) is 24.6 Å². The summed E-state index contributed by atoms with van der Waals surface area (Å²) in [5, 5.41) is 23.2. The number of carbonyl (C=O) groups is 2. The largest absolute Gasteiger partial charge is 0.506 e. The van der Waals surface area contributed by atoms with Gasteiger partial charge in [0, 0.05) is 11.1 Å². The minimum Gasteiger partial charge on any atom is -0.506 e. The lowest BCUT2D eigenvalue weighted by atomic mass is 10.0. The van der Waals surface area contributed by atoms with Crippen LogP contribution in [0.25, 0.3) is 10.9 Å². The molecule has 1 aromatic heterocycles. The van der Waals surface area contributed by atoms with Crippen LogP contribution >= 0.6 is 0 Å². The summed E-state index contributed by atoms with van der Waals surface area (Å²) in [5.74, 6) is -2.22. The lowest BCUT2D eigenvalue weighted by Crippen LogP contribution is -2.30. The fourth-order valence-electron chi connectivity index (χ4n) is 3.88. The van der Waals surface area contributed by atoms with Crippen LogP contribution < -0.4 is 10.9 Å². The second kappa shape index (κ2) is 9.00. The number of hydrogen-bond donors (Lipinski definition) is 3. The molecule has 0 spiro atoms. The number of aromatic nitrogens is 1. The Morgan fingerprint density at radius 2 is 1.67 bits per heavy atom. The summed E-state index contributed by atoms with van der Waals surface area (Å²) in [6.45, 7) is 2.04. The lowest BCUT2D eigenvalue weighted by Gasteiger charge is -2.15. The van der Waals surface area contributed by atoms with Crippen LogP contribution in [-0.2, 0) is 13.0 Å². The van der Waals surface area contributed by atoms with Gasteiger partial charge in [-0.1, -0.05) is 49.4 Å². The molecule has 0 fully saturated rings. The van der Waals surface area contributed by atoms with Crippen LogP contribution in [0.4, 0.5) is 5.69 Å². The van der Waals surface area contributed by atoms with Crippen LogP contribution in [0.2, 0.25) is 0 Å². The number of aromatic carboxylic acids is 1. The van der Waals surface area contributed by atoms with Crippen molar-refractivity contribution in [1.29, 1.82) is 0 Å². The van der Waals surface area contributed by atoms with E-state index in [4.69, 9.17) is 0 Å². The lowest BCUT2D eigenvalue weighted by molar-refractivity contribution is 0.0695. The maximum atomic E-state index is 13.4. The van der Waals surface area contributed by atoms with Crippen molar-refractivity contribution in [3.63, 3.8) is 0 Å². The van der Waals surface area contributed by atoms with Crippen LogP contribution in [0.15, 0.2) is 77.6 Å². The SMILES string of the molecule is CCc1cc(NC(=O)c2c(O)c3ccccc3n(Cc3ccccc3)c2=O)ccc1C(=O)O. The quantitative estimate of drug-likeness (QED) is 0.413. The van der Waals surface area contributed by atoms with E-state index in [1.807, 2.05) is 37.3 Å². The van der Waals surface area contributed by atoms with Gasteiger partial charge < -0.3 is 20.1 Å². The summed E-state index contributed by atoms with van der Waals surface area (Å²) in [4.78, 5) is 37.9. The zero-order chi connectivity index (χ0) is 23.5. The number of rotatable bonds is 6. The summed E-state index contributed by atoms with van der Waals surface area (Å²) in [5.41, 5.74) is 1.43. The summed E-state index contributed by atoms with van der Waals surface area (Å²) in [6, 6.07) is 20.6. The zero-order valence-corrected chi connectivity index (χ0v) is 17.9. The number of nitrogens with one attached hydrogen (secondary N) is 1. The maximum absolute atomic E-state index is 13.4. The summed E-state index contributed by atoms with van der Waals surface area (Å²) in [6.07, 6.45) is 0.455. The van der Waals surface area contributed by atoms with Gasteiger partial charge >= 0.3 is 5.97 Å². The number of pyridine rings is 1. The van der Waals surface area contributed by atoms with Crippen LogP contribution in [0.3, 0.4) is 0 Å². The van der Waals surface area contributed by atoms with Crippen molar-refractivity contribution in [3.8, 4) is 5.75 Å². The van der Waals surface area contributed by atoms with Crippen molar-refractivity contribution < 1.29 is 19.8 Å². The molecule has 0 bridgehead atoms. The first-order chi connectivity index (χ1) is 15.9. The van der Waals surface area contributed by atoms with Crippen LogP contribution in [-0.4, -0.2) is 26.7 Å². The molecule has 0 saturated carbocycles. The van der Waals surface area contributed by atoms with Crippen molar-refractivity contribution in [1.82, 2.24) is 4.57 Å². The Hall–Kier alpha value is -4.39. The van der Waals surface area contributed by atoms with Crippen molar-refractivity contribution in [2.45, 2.75) is 19.9 Å². The highest BCUT2D eigenvalue weighted by atomic mass is 16.4. The second-order valence-electron chi connectivity index (χ2n) is 7.60. The van der Waals surface area contributed by atoms with Gasteiger partial charge in [-0.2, -0.15) is 0 Å². The number of carboxylic acid groups (broad SMARTS) is 1. The van der Waals surface area contributed by atoms with Gasteiger partial charge in [0.2, 0.25) is 0 Å². The van der Waals surface area contributed by atoms with E-state index in [1.165, 1.54) is 16.7 Å². The Labute approximate surface area is 189 Å². The van der Waals surface area contributed by atoms with Crippen LogP contribution in [0.1, 0.15) is 38.8 Å². The molecule has 0 aliphatic heterocycles. The van der Waals surface area contributed by atoms with Crippen molar-refractivity contribution in [2.24, 2.45) is 0 Å². The molecule has 0 radical (unpaired) electrons. The van der Waals surface area contributed by atoms with E-state index in [1.54, 1.807) is 30.3 Å². The average Bonchev–Trinajstić information content (AvgIpc) is 2.82. The fourth-order valence-corrected chi connectivity index (χ4v) is 3.88. The second-order valence-corrected chi connectivity index (χ2v) is 7.60. The molecule has 7 nitrogen and oxygen atoms in total. The van der Waals surface area contributed by atoms with Crippen molar-refractivity contribution in [3.05, 3.63) is 105 Å². The number of anilines is 1. The van der Waals surface area contributed by atoms with E-state index >= 15 is 0 Å². The van der Waals surface area contributed by atoms with Gasteiger partial charge in [-0.3, -0.25) is 9.59 Å². The molecule has 4 aromatic rings. The van der Waals surface area contributed by atoms with Gasteiger partial charge in [-0.05, 0) is 47.9 Å². The summed E-state index contributed by atoms with van der Waals surface area (Å²) < 4.78 is 1.46. The number of hydrogen-bond acceptors (Lipinski definition) is 4. The van der Waals surface area contributed by atoms with Gasteiger partial charge in [0.05, 0.1) is 17.6 Å². The Morgan fingerprint density at radius 3 is 2.36 bits per heavy atom. The number of para-hydroxylation sites is 1. The molecule has 3 aromatic carbocycles. The van der Waals surface area contributed by atoms with E-state index < -0.39 is 23.2 Å². The monoisotopic (exact) mass is 442 g/mol. The molecular weight excluding hydrogens is 420 g/mol. The van der Waals surface area contributed by atoms with Gasteiger partial charge in [0.25, 0.3) is 11.5 Å². The summed E-state index contributed by atoms with van der Waals surface area (Å²) >= 11 is 0. The maximum Gasteiger partial charge on any atom is 0.335 e. The number of carbonyl (C=O) groups excluding carboxylic acids is 1. The predicted molar refractivity (Wildman–Crippen MR) is 126 cm³/mol.